The maximum atomic E-state index is 13.3. The molecule has 0 aliphatic rings. The first-order valence-electron chi connectivity index (χ1n) is 5.77. The summed E-state index contributed by atoms with van der Waals surface area (Å²) in [5.41, 5.74) is 7.20. The van der Waals surface area contributed by atoms with E-state index in [4.69, 9.17) is 10.3 Å². The maximum Gasteiger partial charge on any atom is 0.177 e. The number of nitrogens with two attached hydrogens (primary N) is 1. The van der Waals surface area contributed by atoms with E-state index < -0.39 is 11.6 Å². The molecule has 4 nitrogen and oxygen atoms in total. The van der Waals surface area contributed by atoms with Crippen LogP contribution in [0.15, 0.2) is 47.2 Å². The van der Waals surface area contributed by atoms with Crippen molar-refractivity contribution in [1.29, 1.82) is 0 Å². The van der Waals surface area contributed by atoms with Crippen LogP contribution in [0.1, 0.15) is 0 Å². The molecule has 1 aromatic carbocycles. The first kappa shape index (κ1) is 12.3. The SMILES string of the molecule is Nc1noc(-c2cc(F)cc(F)c2)c1-c1ccncc1. The van der Waals surface area contributed by atoms with Gasteiger partial charge >= 0.3 is 0 Å². The fourth-order valence-electron chi connectivity index (χ4n) is 1.98. The average Bonchev–Trinajstić information content (AvgIpc) is 2.80. The van der Waals surface area contributed by atoms with Gasteiger partial charge in [0, 0.05) is 24.0 Å². The lowest BCUT2D eigenvalue weighted by atomic mass is 10.0. The highest BCUT2D eigenvalue weighted by Crippen LogP contribution is 2.36. The van der Waals surface area contributed by atoms with Crippen LogP contribution in [-0.2, 0) is 0 Å². The van der Waals surface area contributed by atoms with E-state index in [1.54, 1.807) is 24.5 Å². The number of halogens is 2. The van der Waals surface area contributed by atoms with Gasteiger partial charge < -0.3 is 10.3 Å². The molecule has 20 heavy (non-hydrogen) atoms. The van der Waals surface area contributed by atoms with E-state index in [0.29, 0.717) is 11.1 Å². The fourth-order valence-corrected chi connectivity index (χ4v) is 1.98. The molecule has 2 aromatic heterocycles. The molecule has 0 aliphatic carbocycles. The third kappa shape index (κ3) is 2.11. The van der Waals surface area contributed by atoms with Crippen molar-refractivity contribution in [2.24, 2.45) is 0 Å². The lowest BCUT2D eigenvalue weighted by molar-refractivity contribution is 0.435. The van der Waals surface area contributed by atoms with Crippen molar-refractivity contribution in [2.75, 3.05) is 5.73 Å². The van der Waals surface area contributed by atoms with Gasteiger partial charge in [0.15, 0.2) is 11.6 Å². The molecule has 0 aliphatic heterocycles. The van der Waals surface area contributed by atoms with E-state index in [2.05, 4.69) is 10.1 Å². The molecule has 6 heteroatoms. The van der Waals surface area contributed by atoms with Gasteiger partial charge in [0.25, 0.3) is 0 Å². The quantitative estimate of drug-likeness (QED) is 0.778. The summed E-state index contributed by atoms with van der Waals surface area (Å²) >= 11 is 0. The Morgan fingerprint density at radius 1 is 0.950 bits per heavy atom. The molecule has 0 bridgehead atoms. The number of benzene rings is 1. The molecule has 0 amide bonds. The number of aromatic nitrogens is 2. The predicted octanol–water partition coefficient (Wildman–Crippen LogP) is 3.26. The van der Waals surface area contributed by atoms with Crippen LogP contribution < -0.4 is 5.73 Å². The maximum absolute atomic E-state index is 13.3. The third-order valence-electron chi connectivity index (χ3n) is 2.81. The number of hydrogen-bond acceptors (Lipinski definition) is 4. The largest absolute Gasteiger partial charge is 0.380 e. The molecule has 0 unspecified atom stereocenters. The summed E-state index contributed by atoms with van der Waals surface area (Å²) in [6.07, 6.45) is 3.16. The normalized spacial score (nSPS) is 10.7. The van der Waals surface area contributed by atoms with Crippen molar-refractivity contribution < 1.29 is 13.3 Å². The predicted molar refractivity (Wildman–Crippen MR) is 69.5 cm³/mol. The van der Waals surface area contributed by atoms with Crippen molar-refractivity contribution in [1.82, 2.24) is 10.1 Å². The smallest absolute Gasteiger partial charge is 0.177 e. The molecule has 100 valence electrons. The third-order valence-corrected chi connectivity index (χ3v) is 2.81. The Hall–Kier alpha value is -2.76. The summed E-state index contributed by atoms with van der Waals surface area (Å²) in [6, 6.07) is 6.53. The van der Waals surface area contributed by atoms with E-state index in [1.807, 2.05) is 0 Å². The van der Waals surface area contributed by atoms with Crippen LogP contribution in [0.4, 0.5) is 14.6 Å². The van der Waals surface area contributed by atoms with Crippen molar-refractivity contribution in [2.45, 2.75) is 0 Å². The van der Waals surface area contributed by atoms with Gasteiger partial charge in [-0.15, -0.1) is 0 Å². The molecule has 0 atom stereocenters. The number of hydrogen-bond donors (Lipinski definition) is 1. The summed E-state index contributed by atoms with van der Waals surface area (Å²) in [5, 5.41) is 3.67. The Kier molecular flexibility index (Phi) is 2.90. The van der Waals surface area contributed by atoms with E-state index >= 15 is 0 Å². The molecule has 0 spiro atoms. The highest BCUT2D eigenvalue weighted by Gasteiger charge is 2.18. The molecule has 2 N–H and O–H groups in total. The van der Waals surface area contributed by atoms with Crippen LogP contribution >= 0.6 is 0 Å². The molecule has 3 aromatic rings. The number of anilines is 1. The lowest BCUT2D eigenvalue weighted by Crippen LogP contribution is -1.90. The Labute approximate surface area is 112 Å². The zero-order valence-electron chi connectivity index (χ0n) is 10.2. The molecule has 2 heterocycles. The first-order valence-corrected chi connectivity index (χ1v) is 5.77. The molecule has 0 saturated carbocycles. The van der Waals surface area contributed by atoms with Gasteiger partial charge in [-0.3, -0.25) is 4.98 Å². The van der Waals surface area contributed by atoms with Gasteiger partial charge in [-0.05, 0) is 29.8 Å². The van der Waals surface area contributed by atoms with Gasteiger partial charge in [0.1, 0.15) is 11.6 Å². The Morgan fingerprint density at radius 2 is 1.60 bits per heavy atom. The Morgan fingerprint density at radius 3 is 2.25 bits per heavy atom. The second-order valence-corrected chi connectivity index (χ2v) is 4.17. The highest BCUT2D eigenvalue weighted by molar-refractivity contribution is 5.86. The highest BCUT2D eigenvalue weighted by atomic mass is 19.1. The van der Waals surface area contributed by atoms with Crippen LogP contribution in [0.3, 0.4) is 0 Å². The number of nitrogen functional groups attached to an aromatic ring is 1. The first-order chi connectivity index (χ1) is 9.65. The molecular formula is C14H9F2N3O. The number of rotatable bonds is 2. The summed E-state index contributed by atoms with van der Waals surface area (Å²) in [6.45, 7) is 0. The van der Waals surface area contributed by atoms with Crippen molar-refractivity contribution in [3.8, 4) is 22.5 Å². The van der Waals surface area contributed by atoms with E-state index in [0.717, 1.165) is 18.2 Å². The van der Waals surface area contributed by atoms with Gasteiger partial charge in [0.05, 0.1) is 5.56 Å². The average molecular weight is 273 g/mol. The Balaban J connectivity index is 2.21. The summed E-state index contributed by atoms with van der Waals surface area (Å²) in [4.78, 5) is 3.90. The Bertz CT molecular complexity index is 736. The van der Waals surface area contributed by atoms with E-state index in [1.165, 1.54) is 0 Å². The van der Waals surface area contributed by atoms with Crippen molar-refractivity contribution >= 4 is 5.82 Å². The van der Waals surface area contributed by atoms with Gasteiger partial charge in [-0.1, -0.05) is 5.16 Å². The van der Waals surface area contributed by atoms with Gasteiger partial charge in [0.2, 0.25) is 0 Å². The van der Waals surface area contributed by atoms with E-state index in [-0.39, 0.29) is 17.1 Å². The van der Waals surface area contributed by atoms with Crippen LogP contribution in [0.25, 0.3) is 22.5 Å². The minimum absolute atomic E-state index is 0.149. The fraction of sp³-hybridized carbons (Fsp3) is 0. The van der Waals surface area contributed by atoms with Crippen molar-refractivity contribution in [3.05, 3.63) is 54.4 Å². The summed E-state index contributed by atoms with van der Waals surface area (Å²) in [7, 11) is 0. The van der Waals surface area contributed by atoms with Crippen LogP contribution in [0.5, 0.6) is 0 Å². The zero-order valence-corrected chi connectivity index (χ0v) is 10.2. The molecule has 0 radical (unpaired) electrons. The van der Waals surface area contributed by atoms with E-state index in [9.17, 15) is 8.78 Å². The van der Waals surface area contributed by atoms with Crippen molar-refractivity contribution in [3.63, 3.8) is 0 Å². The molecule has 3 rings (SSSR count). The number of pyridine rings is 1. The standard InChI is InChI=1S/C14H9F2N3O/c15-10-5-9(6-11(16)7-10)13-12(14(17)19-20-13)8-1-3-18-4-2-8/h1-7H,(H2,17,19). The summed E-state index contributed by atoms with van der Waals surface area (Å²) < 4.78 is 31.7. The zero-order chi connectivity index (χ0) is 14.1. The van der Waals surface area contributed by atoms with Gasteiger partial charge in [-0.25, -0.2) is 8.78 Å². The summed E-state index contributed by atoms with van der Waals surface area (Å²) in [5.74, 6) is -1.03. The minimum Gasteiger partial charge on any atom is -0.380 e. The molecule has 0 saturated heterocycles. The second kappa shape index (κ2) is 4.73. The second-order valence-electron chi connectivity index (χ2n) is 4.17. The van der Waals surface area contributed by atoms with Crippen LogP contribution in [0, 0.1) is 11.6 Å². The lowest BCUT2D eigenvalue weighted by Gasteiger charge is -2.03. The minimum atomic E-state index is -0.698. The van der Waals surface area contributed by atoms with Gasteiger partial charge in [-0.2, -0.15) is 0 Å². The molecular weight excluding hydrogens is 264 g/mol. The van der Waals surface area contributed by atoms with Crippen LogP contribution in [-0.4, -0.2) is 10.1 Å². The topological polar surface area (TPSA) is 64.9 Å². The molecule has 0 fully saturated rings. The number of nitrogens with zero attached hydrogens (tertiary/aromatic N) is 2. The van der Waals surface area contributed by atoms with Crippen LogP contribution in [0.2, 0.25) is 0 Å². The monoisotopic (exact) mass is 273 g/mol.